The fraction of sp³-hybridized carbons (Fsp3) is 0.538. The molecule has 0 aliphatic carbocycles. The molecular weight excluding hydrogens is 260 g/mol. The lowest BCUT2D eigenvalue weighted by atomic mass is 10.1. The summed E-state index contributed by atoms with van der Waals surface area (Å²) >= 11 is 0. The molecule has 3 N–H and O–H groups in total. The molecule has 7 nitrogen and oxygen atoms in total. The zero-order valence-corrected chi connectivity index (χ0v) is 11.5. The minimum absolute atomic E-state index is 0.00491. The van der Waals surface area contributed by atoms with Crippen molar-refractivity contribution in [2.75, 3.05) is 25.6 Å². The van der Waals surface area contributed by atoms with E-state index in [4.69, 9.17) is 10.6 Å². The normalized spacial score (nSPS) is 19.8. The third kappa shape index (κ3) is 3.44. The zero-order chi connectivity index (χ0) is 14.5. The second kappa shape index (κ2) is 6.65. The Kier molecular flexibility index (Phi) is 4.89. The van der Waals surface area contributed by atoms with Crippen molar-refractivity contribution < 1.29 is 9.66 Å². The molecule has 7 heteroatoms. The van der Waals surface area contributed by atoms with Crippen LogP contribution in [0.5, 0.6) is 0 Å². The average molecular weight is 280 g/mol. The number of nitrogens with two attached hydrogens (primary N) is 1. The summed E-state index contributed by atoms with van der Waals surface area (Å²) in [5.41, 5.74) is 3.59. The van der Waals surface area contributed by atoms with Crippen LogP contribution in [0, 0.1) is 10.1 Å². The number of nitro groups is 1. The third-order valence-electron chi connectivity index (χ3n) is 3.62. The van der Waals surface area contributed by atoms with Gasteiger partial charge in [0.15, 0.2) is 0 Å². The number of rotatable bonds is 5. The predicted octanol–water partition coefficient (Wildman–Crippen LogP) is 1.49. The van der Waals surface area contributed by atoms with Gasteiger partial charge >= 0.3 is 0 Å². The number of piperidine rings is 1. The van der Waals surface area contributed by atoms with E-state index in [1.165, 1.54) is 0 Å². The first-order valence-electron chi connectivity index (χ1n) is 6.63. The first-order valence-corrected chi connectivity index (χ1v) is 6.63. The number of benzene rings is 1. The maximum Gasteiger partial charge on any atom is 0.293 e. The maximum atomic E-state index is 11.0. The van der Waals surface area contributed by atoms with Crippen LogP contribution in [0.1, 0.15) is 18.4 Å². The van der Waals surface area contributed by atoms with Crippen molar-refractivity contribution >= 4 is 11.4 Å². The van der Waals surface area contributed by atoms with Crippen LogP contribution in [0.4, 0.5) is 11.4 Å². The Hall–Kier alpha value is -1.70. The van der Waals surface area contributed by atoms with Gasteiger partial charge < -0.3 is 10.2 Å². The lowest BCUT2D eigenvalue weighted by Crippen LogP contribution is -2.38. The Morgan fingerprint density at radius 1 is 1.60 bits per heavy atom. The van der Waals surface area contributed by atoms with Crippen molar-refractivity contribution in [2.24, 2.45) is 5.84 Å². The van der Waals surface area contributed by atoms with E-state index in [0.29, 0.717) is 12.2 Å². The Bertz CT molecular complexity index is 481. The number of hydrogen-bond acceptors (Lipinski definition) is 6. The summed E-state index contributed by atoms with van der Waals surface area (Å²) in [6, 6.07) is 5.08. The number of anilines is 1. The minimum atomic E-state index is -0.424. The van der Waals surface area contributed by atoms with Crippen LogP contribution in [-0.4, -0.2) is 36.1 Å². The topological polar surface area (TPSA) is 93.7 Å². The predicted molar refractivity (Wildman–Crippen MR) is 76.2 cm³/mol. The molecule has 1 aromatic rings. The fourth-order valence-corrected chi connectivity index (χ4v) is 2.56. The lowest BCUT2D eigenvalue weighted by molar-refractivity contribution is -0.384. The number of likely N-dealkylation sites (tertiary alicyclic amines) is 1. The molecule has 0 spiro atoms. The van der Waals surface area contributed by atoms with Crippen LogP contribution in [0.2, 0.25) is 0 Å². The molecule has 0 aromatic heterocycles. The molecule has 1 atom stereocenters. The Morgan fingerprint density at radius 2 is 2.40 bits per heavy atom. The van der Waals surface area contributed by atoms with Crippen LogP contribution in [0.15, 0.2) is 18.2 Å². The highest BCUT2D eigenvalue weighted by Gasteiger charge is 2.20. The smallest absolute Gasteiger partial charge is 0.293 e. The Labute approximate surface area is 117 Å². The van der Waals surface area contributed by atoms with Crippen LogP contribution in [0.3, 0.4) is 0 Å². The van der Waals surface area contributed by atoms with Crippen LogP contribution >= 0.6 is 0 Å². The molecule has 0 saturated carbocycles. The SMILES string of the molecule is COC1CCCN(Cc2ccc(NN)c([N+](=O)[O-])c2)C1. The highest BCUT2D eigenvalue weighted by atomic mass is 16.6. The largest absolute Gasteiger partial charge is 0.380 e. The van der Waals surface area contributed by atoms with E-state index in [9.17, 15) is 10.1 Å². The van der Waals surface area contributed by atoms with Gasteiger partial charge in [0.1, 0.15) is 5.69 Å². The summed E-state index contributed by atoms with van der Waals surface area (Å²) in [6.45, 7) is 2.54. The van der Waals surface area contributed by atoms with Crippen molar-refractivity contribution in [3.63, 3.8) is 0 Å². The van der Waals surface area contributed by atoms with Crippen LogP contribution < -0.4 is 11.3 Å². The number of hydrazine groups is 1. The molecule has 0 radical (unpaired) electrons. The fourth-order valence-electron chi connectivity index (χ4n) is 2.56. The monoisotopic (exact) mass is 280 g/mol. The van der Waals surface area contributed by atoms with Crippen molar-refractivity contribution in [1.82, 2.24) is 4.90 Å². The van der Waals surface area contributed by atoms with Crippen molar-refractivity contribution in [2.45, 2.75) is 25.5 Å². The number of methoxy groups -OCH3 is 1. The second-order valence-electron chi connectivity index (χ2n) is 4.99. The quantitative estimate of drug-likeness (QED) is 0.482. The molecule has 110 valence electrons. The van der Waals surface area contributed by atoms with Gasteiger partial charge in [-0.25, -0.2) is 0 Å². The molecular formula is C13H20N4O3. The summed E-state index contributed by atoms with van der Waals surface area (Å²) in [5, 5.41) is 11.0. The zero-order valence-electron chi connectivity index (χ0n) is 11.5. The Balaban J connectivity index is 2.09. The van der Waals surface area contributed by atoms with Crippen LogP contribution in [-0.2, 0) is 11.3 Å². The summed E-state index contributed by atoms with van der Waals surface area (Å²) in [5.74, 6) is 5.28. The summed E-state index contributed by atoms with van der Waals surface area (Å²) in [6.07, 6.45) is 2.41. The van der Waals surface area contributed by atoms with Crippen molar-refractivity contribution in [1.29, 1.82) is 0 Å². The first-order chi connectivity index (χ1) is 9.63. The lowest BCUT2D eigenvalue weighted by Gasteiger charge is -2.31. The average Bonchev–Trinajstić information content (AvgIpc) is 2.47. The van der Waals surface area contributed by atoms with Gasteiger partial charge in [0.05, 0.1) is 11.0 Å². The van der Waals surface area contributed by atoms with Crippen molar-refractivity contribution in [3.8, 4) is 0 Å². The van der Waals surface area contributed by atoms with E-state index in [1.54, 1.807) is 19.2 Å². The number of ether oxygens (including phenoxy) is 1. The van der Waals surface area contributed by atoms with Gasteiger partial charge in [0.2, 0.25) is 0 Å². The highest BCUT2D eigenvalue weighted by molar-refractivity contribution is 5.61. The number of nitrogens with zero attached hydrogens (tertiary/aromatic N) is 2. The van der Waals surface area contributed by atoms with E-state index in [-0.39, 0.29) is 11.8 Å². The van der Waals surface area contributed by atoms with Gasteiger partial charge in [0.25, 0.3) is 5.69 Å². The number of nitrogen functional groups attached to an aromatic ring is 1. The van der Waals surface area contributed by atoms with E-state index < -0.39 is 4.92 Å². The first kappa shape index (κ1) is 14.7. The molecule has 1 saturated heterocycles. The number of nitro benzene ring substituents is 1. The molecule has 20 heavy (non-hydrogen) atoms. The second-order valence-corrected chi connectivity index (χ2v) is 4.99. The molecule has 1 aliphatic rings. The molecule has 1 aliphatic heterocycles. The summed E-state index contributed by atoms with van der Waals surface area (Å²) in [4.78, 5) is 12.8. The number of hydrogen-bond donors (Lipinski definition) is 2. The minimum Gasteiger partial charge on any atom is -0.380 e. The van der Waals surface area contributed by atoms with Crippen LogP contribution in [0.25, 0.3) is 0 Å². The van der Waals surface area contributed by atoms with E-state index in [0.717, 1.165) is 31.5 Å². The third-order valence-corrected chi connectivity index (χ3v) is 3.62. The van der Waals surface area contributed by atoms with Gasteiger partial charge in [-0.15, -0.1) is 0 Å². The Morgan fingerprint density at radius 3 is 3.05 bits per heavy atom. The summed E-state index contributed by atoms with van der Waals surface area (Å²) in [7, 11) is 1.72. The molecule has 0 bridgehead atoms. The van der Waals surface area contributed by atoms with Gasteiger partial charge in [0, 0.05) is 26.3 Å². The number of nitrogens with one attached hydrogen (secondary N) is 1. The molecule has 0 amide bonds. The van der Waals surface area contributed by atoms with E-state index in [1.807, 2.05) is 6.07 Å². The van der Waals surface area contributed by atoms with Gasteiger partial charge in [-0.3, -0.25) is 20.9 Å². The van der Waals surface area contributed by atoms with Crippen molar-refractivity contribution in [3.05, 3.63) is 33.9 Å². The molecule has 1 aromatic carbocycles. The maximum absolute atomic E-state index is 11.0. The van der Waals surface area contributed by atoms with E-state index in [2.05, 4.69) is 10.3 Å². The standard InChI is InChI=1S/C13H20N4O3/c1-20-11-3-2-6-16(9-11)8-10-4-5-12(15-14)13(7-10)17(18)19/h4-5,7,11,15H,2-3,6,8-9,14H2,1H3. The van der Waals surface area contributed by atoms with Gasteiger partial charge in [-0.05, 0) is 31.0 Å². The molecule has 1 unspecified atom stereocenters. The molecule has 1 fully saturated rings. The molecule has 1 heterocycles. The van der Waals surface area contributed by atoms with Gasteiger partial charge in [-0.2, -0.15) is 0 Å². The highest BCUT2D eigenvalue weighted by Crippen LogP contribution is 2.26. The van der Waals surface area contributed by atoms with Gasteiger partial charge in [-0.1, -0.05) is 6.07 Å². The molecule has 2 rings (SSSR count). The van der Waals surface area contributed by atoms with E-state index >= 15 is 0 Å². The summed E-state index contributed by atoms with van der Waals surface area (Å²) < 4.78 is 5.38.